The van der Waals surface area contributed by atoms with Crippen LogP contribution < -0.4 is 5.32 Å². The van der Waals surface area contributed by atoms with Crippen molar-refractivity contribution in [3.63, 3.8) is 0 Å². The molecule has 0 saturated heterocycles. The Hall–Kier alpha value is -2.34. The molecule has 0 amide bonds. The summed E-state index contributed by atoms with van der Waals surface area (Å²) in [5.41, 5.74) is 0.589. The van der Waals surface area contributed by atoms with E-state index in [4.69, 9.17) is 11.6 Å². The molecular formula is C13H10ClFN2O3. The predicted octanol–water partition coefficient (Wildman–Crippen LogP) is 3.71. The Morgan fingerprint density at radius 2 is 2.05 bits per heavy atom. The van der Waals surface area contributed by atoms with Gasteiger partial charge in [0.25, 0.3) is 5.69 Å². The molecule has 2 rings (SSSR count). The summed E-state index contributed by atoms with van der Waals surface area (Å²) < 4.78 is 13.6. The van der Waals surface area contributed by atoms with E-state index in [-0.39, 0.29) is 28.7 Å². The normalized spacial score (nSPS) is 10.3. The van der Waals surface area contributed by atoms with E-state index < -0.39 is 10.7 Å². The lowest BCUT2D eigenvalue weighted by atomic mass is 10.2. The van der Waals surface area contributed by atoms with Gasteiger partial charge in [0.05, 0.1) is 21.7 Å². The molecule has 0 aliphatic carbocycles. The third kappa shape index (κ3) is 3.16. The summed E-state index contributed by atoms with van der Waals surface area (Å²) in [6.07, 6.45) is 0. The highest BCUT2D eigenvalue weighted by Gasteiger charge is 2.10. The third-order valence-corrected chi connectivity index (χ3v) is 2.96. The number of benzene rings is 2. The maximum atomic E-state index is 13.6. The van der Waals surface area contributed by atoms with Gasteiger partial charge in [-0.1, -0.05) is 17.7 Å². The molecule has 0 fully saturated rings. The largest absolute Gasteiger partial charge is 0.506 e. The molecule has 5 nitrogen and oxygen atoms in total. The monoisotopic (exact) mass is 296 g/mol. The van der Waals surface area contributed by atoms with Crippen LogP contribution in [0.3, 0.4) is 0 Å². The molecule has 0 aliphatic heterocycles. The molecule has 0 spiro atoms. The van der Waals surface area contributed by atoms with Crippen molar-refractivity contribution in [3.8, 4) is 5.75 Å². The van der Waals surface area contributed by atoms with E-state index in [1.165, 1.54) is 18.2 Å². The van der Waals surface area contributed by atoms with Gasteiger partial charge in [-0.2, -0.15) is 0 Å². The number of rotatable bonds is 4. The van der Waals surface area contributed by atoms with Gasteiger partial charge in [0.2, 0.25) is 0 Å². The number of nitrogens with one attached hydrogen (secondary N) is 1. The predicted molar refractivity (Wildman–Crippen MR) is 73.5 cm³/mol. The van der Waals surface area contributed by atoms with Crippen molar-refractivity contribution in [2.75, 3.05) is 5.32 Å². The van der Waals surface area contributed by atoms with E-state index in [9.17, 15) is 19.6 Å². The second-order valence-corrected chi connectivity index (χ2v) is 4.47. The van der Waals surface area contributed by atoms with Crippen LogP contribution in [0.1, 0.15) is 5.56 Å². The van der Waals surface area contributed by atoms with Crippen LogP contribution in [0.15, 0.2) is 36.4 Å². The van der Waals surface area contributed by atoms with Gasteiger partial charge in [-0.25, -0.2) is 4.39 Å². The first-order chi connectivity index (χ1) is 9.47. The van der Waals surface area contributed by atoms with Gasteiger partial charge in [0.1, 0.15) is 5.75 Å². The molecule has 0 aliphatic rings. The fourth-order valence-corrected chi connectivity index (χ4v) is 1.82. The lowest BCUT2D eigenvalue weighted by Crippen LogP contribution is -2.02. The number of anilines is 1. The summed E-state index contributed by atoms with van der Waals surface area (Å²) in [5.74, 6) is -0.735. The Balaban J connectivity index is 2.10. The van der Waals surface area contributed by atoms with Gasteiger partial charge >= 0.3 is 0 Å². The molecule has 0 unspecified atom stereocenters. The minimum atomic E-state index is -0.705. The highest BCUT2D eigenvalue weighted by molar-refractivity contribution is 6.32. The zero-order valence-electron chi connectivity index (χ0n) is 10.1. The van der Waals surface area contributed by atoms with Gasteiger partial charge in [0.15, 0.2) is 5.82 Å². The number of hydrogen-bond acceptors (Lipinski definition) is 4. The zero-order valence-corrected chi connectivity index (χ0v) is 10.9. The van der Waals surface area contributed by atoms with E-state index in [1.54, 1.807) is 12.1 Å². The van der Waals surface area contributed by atoms with Crippen LogP contribution >= 0.6 is 11.6 Å². The molecular weight excluding hydrogens is 287 g/mol. The first kappa shape index (κ1) is 14.1. The quantitative estimate of drug-likeness (QED) is 0.666. The summed E-state index contributed by atoms with van der Waals surface area (Å²) in [6.45, 7) is 0.273. The number of nitro groups is 1. The van der Waals surface area contributed by atoms with Crippen LogP contribution in [-0.4, -0.2) is 10.0 Å². The van der Waals surface area contributed by atoms with E-state index >= 15 is 0 Å². The molecule has 0 heterocycles. The molecule has 104 valence electrons. The Morgan fingerprint density at radius 1 is 1.30 bits per heavy atom. The molecule has 0 saturated carbocycles. The van der Waals surface area contributed by atoms with Crippen LogP contribution in [0.2, 0.25) is 5.02 Å². The average molecular weight is 297 g/mol. The maximum Gasteiger partial charge on any atom is 0.272 e. The number of nitrogens with zero attached hydrogens (tertiary/aromatic N) is 1. The zero-order chi connectivity index (χ0) is 14.7. The summed E-state index contributed by atoms with van der Waals surface area (Å²) >= 11 is 5.76. The van der Waals surface area contributed by atoms with Crippen molar-refractivity contribution < 1.29 is 14.4 Å². The van der Waals surface area contributed by atoms with Crippen LogP contribution in [-0.2, 0) is 6.54 Å². The minimum absolute atomic E-state index is 0.0306. The molecule has 0 aromatic heterocycles. The second kappa shape index (κ2) is 5.75. The lowest BCUT2D eigenvalue weighted by molar-refractivity contribution is -0.385. The number of aromatic hydroxyl groups is 1. The van der Waals surface area contributed by atoms with E-state index in [1.807, 2.05) is 0 Å². The molecule has 0 atom stereocenters. The van der Waals surface area contributed by atoms with Crippen molar-refractivity contribution in [2.45, 2.75) is 6.54 Å². The molecule has 2 N–H and O–H groups in total. The Morgan fingerprint density at radius 3 is 2.65 bits per heavy atom. The number of nitro benzene ring substituents is 1. The third-order valence-electron chi connectivity index (χ3n) is 2.66. The SMILES string of the molecule is O=[N+]([O-])c1ccc(NCc2ccc(O)c(Cl)c2)c(F)c1. The van der Waals surface area contributed by atoms with Gasteiger partial charge in [-0.05, 0) is 23.8 Å². The van der Waals surface area contributed by atoms with Crippen molar-refractivity contribution >= 4 is 23.0 Å². The topological polar surface area (TPSA) is 75.4 Å². The molecule has 7 heteroatoms. The lowest BCUT2D eigenvalue weighted by Gasteiger charge is -2.08. The first-order valence-corrected chi connectivity index (χ1v) is 6.00. The van der Waals surface area contributed by atoms with Crippen molar-refractivity contribution in [1.82, 2.24) is 0 Å². The van der Waals surface area contributed by atoms with Crippen molar-refractivity contribution in [3.05, 3.63) is 62.9 Å². The van der Waals surface area contributed by atoms with Gasteiger partial charge in [-0.3, -0.25) is 10.1 Å². The number of phenols is 1. The van der Waals surface area contributed by atoms with Gasteiger partial charge < -0.3 is 10.4 Å². The van der Waals surface area contributed by atoms with Crippen molar-refractivity contribution in [1.29, 1.82) is 0 Å². The van der Waals surface area contributed by atoms with E-state index in [0.717, 1.165) is 11.6 Å². The number of hydrogen-bond donors (Lipinski definition) is 2. The van der Waals surface area contributed by atoms with E-state index in [0.29, 0.717) is 0 Å². The second-order valence-electron chi connectivity index (χ2n) is 4.06. The number of phenolic OH excluding ortho intramolecular Hbond substituents is 1. The molecule has 0 bridgehead atoms. The fourth-order valence-electron chi connectivity index (χ4n) is 1.62. The Labute approximate surface area is 118 Å². The molecule has 2 aromatic carbocycles. The van der Waals surface area contributed by atoms with Crippen LogP contribution in [0.4, 0.5) is 15.8 Å². The van der Waals surface area contributed by atoms with Crippen LogP contribution in [0.5, 0.6) is 5.75 Å². The molecule has 0 radical (unpaired) electrons. The average Bonchev–Trinajstić information content (AvgIpc) is 2.41. The van der Waals surface area contributed by atoms with E-state index in [2.05, 4.69) is 5.32 Å². The summed E-state index contributed by atoms with van der Waals surface area (Å²) in [7, 11) is 0. The number of non-ortho nitro benzene ring substituents is 1. The van der Waals surface area contributed by atoms with Crippen LogP contribution in [0, 0.1) is 15.9 Å². The van der Waals surface area contributed by atoms with Gasteiger partial charge in [0, 0.05) is 12.6 Å². The standard InChI is InChI=1S/C13H10ClFN2O3/c14-10-5-8(1-4-13(10)18)7-16-12-3-2-9(17(19)20)6-11(12)15/h1-6,16,18H,7H2. The molecule has 2 aromatic rings. The summed E-state index contributed by atoms with van der Waals surface area (Å²) in [5, 5.41) is 22.8. The highest BCUT2D eigenvalue weighted by Crippen LogP contribution is 2.25. The maximum absolute atomic E-state index is 13.6. The molecule has 20 heavy (non-hydrogen) atoms. The number of halogens is 2. The highest BCUT2D eigenvalue weighted by atomic mass is 35.5. The summed E-state index contributed by atoms with van der Waals surface area (Å²) in [6, 6.07) is 7.99. The van der Waals surface area contributed by atoms with Gasteiger partial charge in [-0.15, -0.1) is 0 Å². The van der Waals surface area contributed by atoms with Crippen LogP contribution in [0.25, 0.3) is 0 Å². The minimum Gasteiger partial charge on any atom is -0.506 e. The van der Waals surface area contributed by atoms with Crippen molar-refractivity contribution in [2.24, 2.45) is 0 Å². The summed E-state index contributed by atoms with van der Waals surface area (Å²) in [4.78, 5) is 9.83. The Kier molecular flexibility index (Phi) is 4.05. The fraction of sp³-hybridized carbons (Fsp3) is 0.0769. The first-order valence-electron chi connectivity index (χ1n) is 5.62. The smallest absolute Gasteiger partial charge is 0.272 e. The Bertz CT molecular complexity index is 664.